The molecule has 0 aromatic carbocycles. The van der Waals surface area contributed by atoms with Crippen molar-refractivity contribution in [1.29, 1.82) is 0 Å². The minimum absolute atomic E-state index is 0.221. The lowest BCUT2D eigenvalue weighted by atomic mass is 10.2. The lowest BCUT2D eigenvalue weighted by Crippen LogP contribution is -2.32. The molecule has 1 unspecified atom stereocenters. The van der Waals surface area contributed by atoms with Crippen LogP contribution in [0.3, 0.4) is 0 Å². The Morgan fingerprint density at radius 1 is 1.38 bits per heavy atom. The molecule has 1 aliphatic heterocycles. The maximum absolute atomic E-state index is 9.43. The lowest BCUT2D eigenvalue weighted by molar-refractivity contribution is 0.151. The Balaban J connectivity index is 1.96. The fourth-order valence-corrected chi connectivity index (χ4v) is 4.09. The first-order chi connectivity index (χ1) is 10.1. The van der Waals surface area contributed by atoms with Crippen LogP contribution in [-0.4, -0.2) is 46.2 Å². The number of nitrogens with zero attached hydrogens (tertiary/aromatic N) is 3. The summed E-state index contributed by atoms with van der Waals surface area (Å²) in [6, 6.07) is 0.258. The van der Waals surface area contributed by atoms with Crippen LogP contribution in [0.2, 0.25) is 0 Å². The van der Waals surface area contributed by atoms with Crippen molar-refractivity contribution in [2.24, 2.45) is 0 Å². The van der Waals surface area contributed by atoms with Gasteiger partial charge in [0.2, 0.25) is 0 Å². The fourth-order valence-electron chi connectivity index (χ4n) is 3.04. The highest BCUT2D eigenvalue weighted by molar-refractivity contribution is 7.18. The van der Waals surface area contributed by atoms with Crippen molar-refractivity contribution in [3.63, 3.8) is 0 Å². The molecular formula is C15H22N4OS. The third-order valence-corrected chi connectivity index (χ3v) is 5.47. The summed E-state index contributed by atoms with van der Waals surface area (Å²) in [7, 11) is 1.91. The second-order valence-electron chi connectivity index (χ2n) is 5.65. The summed E-state index contributed by atoms with van der Waals surface area (Å²) >= 11 is 1.73. The first kappa shape index (κ1) is 14.7. The van der Waals surface area contributed by atoms with Gasteiger partial charge >= 0.3 is 0 Å². The van der Waals surface area contributed by atoms with Crippen molar-refractivity contribution in [2.75, 3.05) is 25.5 Å². The molecule has 2 N–H and O–H groups in total. The Bertz CT molecular complexity index is 655. The number of anilines is 1. The quantitative estimate of drug-likeness (QED) is 0.907. The lowest BCUT2D eigenvalue weighted by Gasteiger charge is -2.21. The molecule has 0 amide bonds. The van der Waals surface area contributed by atoms with E-state index in [4.69, 9.17) is 4.98 Å². The van der Waals surface area contributed by atoms with Crippen molar-refractivity contribution < 1.29 is 5.11 Å². The van der Waals surface area contributed by atoms with Gasteiger partial charge in [0.25, 0.3) is 0 Å². The molecular weight excluding hydrogens is 284 g/mol. The number of thiophene rings is 1. The molecule has 0 bridgehead atoms. The van der Waals surface area contributed by atoms with E-state index in [1.54, 1.807) is 11.3 Å². The van der Waals surface area contributed by atoms with Crippen LogP contribution in [0.1, 0.15) is 29.1 Å². The van der Waals surface area contributed by atoms with Crippen molar-refractivity contribution in [1.82, 2.24) is 14.9 Å². The highest BCUT2D eigenvalue weighted by Crippen LogP contribution is 2.33. The average Bonchev–Trinajstić information content (AvgIpc) is 3.03. The Labute approximate surface area is 129 Å². The number of aliphatic hydroxyl groups is 1. The number of rotatable bonds is 4. The van der Waals surface area contributed by atoms with E-state index in [0.717, 1.165) is 41.2 Å². The van der Waals surface area contributed by atoms with Crippen molar-refractivity contribution in [2.45, 2.75) is 39.3 Å². The van der Waals surface area contributed by atoms with Gasteiger partial charge in [-0.05, 0) is 38.8 Å². The first-order valence-corrected chi connectivity index (χ1v) is 8.25. The molecule has 1 atom stereocenters. The Morgan fingerprint density at radius 2 is 2.19 bits per heavy atom. The van der Waals surface area contributed by atoms with Gasteiger partial charge in [0.1, 0.15) is 16.5 Å². The van der Waals surface area contributed by atoms with Crippen LogP contribution >= 0.6 is 11.3 Å². The molecule has 3 rings (SSSR count). The average molecular weight is 306 g/mol. The van der Waals surface area contributed by atoms with Gasteiger partial charge in [-0.1, -0.05) is 0 Å². The van der Waals surface area contributed by atoms with Crippen LogP contribution in [0.4, 0.5) is 5.82 Å². The van der Waals surface area contributed by atoms with E-state index in [1.807, 2.05) is 7.05 Å². The minimum Gasteiger partial charge on any atom is -0.395 e. The maximum Gasteiger partial charge on any atom is 0.146 e. The number of aryl methyl sites for hydroxylation is 2. The number of nitrogens with one attached hydrogen (secondary N) is 1. The Morgan fingerprint density at radius 3 is 2.90 bits per heavy atom. The molecule has 3 heterocycles. The number of hydrogen-bond acceptors (Lipinski definition) is 6. The van der Waals surface area contributed by atoms with E-state index in [2.05, 4.69) is 29.0 Å². The smallest absolute Gasteiger partial charge is 0.146 e. The van der Waals surface area contributed by atoms with Crippen LogP contribution in [-0.2, 0) is 6.54 Å². The normalized spacial score (nSPS) is 19.5. The second-order valence-corrected chi connectivity index (χ2v) is 6.85. The van der Waals surface area contributed by atoms with Gasteiger partial charge in [-0.25, -0.2) is 9.97 Å². The van der Waals surface area contributed by atoms with Crippen LogP contribution in [0.15, 0.2) is 0 Å². The van der Waals surface area contributed by atoms with E-state index in [0.29, 0.717) is 6.54 Å². The maximum atomic E-state index is 9.43. The third-order valence-electron chi connectivity index (χ3n) is 4.37. The number of fused-ring (bicyclic) bond motifs is 1. The van der Waals surface area contributed by atoms with Gasteiger partial charge in [-0.15, -0.1) is 11.3 Å². The largest absolute Gasteiger partial charge is 0.395 e. The fraction of sp³-hybridized carbons (Fsp3) is 0.600. The minimum atomic E-state index is 0.221. The molecule has 21 heavy (non-hydrogen) atoms. The molecule has 1 fully saturated rings. The molecule has 2 aromatic heterocycles. The van der Waals surface area contributed by atoms with Crippen LogP contribution in [0.5, 0.6) is 0 Å². The Hall–Kier alpha value is -1.24. The van der Waals surface area contributed by atoms with Gasteiger partial charge < -0.3 is 10.4 Å². The van der Waals surface area contributed by atoms with Gasteiger partial charge in [-0.2, -0.15) is 0 Å². The number of aliphatic hydroxyl groups excluding tert-OH is 1. The standard InChI is InChI=1S/C15H22N4OS/c1-9-10(2)21-15-13(9)14(16-3)17-12(18-15)7-19-6-4-5-11(19)8-20/h11,20H,4-8H2,1-3H3,(H,16,17,18). The van der Waals surface area contributed by atoms with E-state index in [1.165, 1.54) is 10.4 Å². The summed E-state index contributed by atoms with van der Waals surface area (Å²) in [6.45, 7) is 6.21. The molecule has 0 aliphatic carbocycles. The molecule has 6 heteroatoms. The van der Waals surface area contributed by atoms with E-state index >= 15 is 0 Å². The molecule has 0 saturated carbocycles. The topological polar surface area (TPSA) is 61.3 Å². The predicted octanol–water partition coefficient (Wildman–Crippen LogP) is 2.31. The third kappa shape index (κ3) is 2.63. The molecule has 114 valence electrons. The first-order valence-electron chi connectivity index (χ1n) is 7.43. The van der Waals surface area contributed by atoms with Crippen LogP contribution in [0.25, 0.3) is 10.2 Å². The highest BCUT2D eigenvalue weighted by atomic mass is 32.1. The van der Waals surface area contributed by atoms with Gasteiger partial charge in [0.15, 0.2) is 0 Å². The van der Waals surface area contributed by atoms with E-state index < -0.39 is 0 Å². The summed E-state index contributed by atoms with van der Waals surface area (Å²) in [5.41, 5.74) is 1.26. The van der Waals surface area contributed by atoms with Crippen LogP contribution < -0.4 is 5.32 Å². The molecule has 1 aliphatic rings. The molecule has 1 saturated heterocycles. The number of aromatic nitrogens is 2. The van der Waals surface area contributed by atoms with Crippen molar-refractivity contribution in [3.05, 3.63) is 16.3 Å². The summed E-state index contributed by atoms with van der Waals surface area (Å²) in [5.74, 6) is 1.75. The highest BCUT2D eigenvalue weighted by Gasteiger charge is 2.25. The van der Waals surface area contributed by atoms with Crippen LogP contribution in [0, 0.1) is 13.8 Å². The summed E-state index contributed by atoms with van der Waals surface area (Å²) in [4.78, 5) is 14.1. The molecule has 0 radical (unpaired) electrons. The summed E-state index contributed by atoms with van der Waals surface area (Å²) in [5, 5.41) is 13.8. The summed E-state index contributed by atoms with van der Waals surface area (Å²) < 4.78 is 0. The molecule has 2 aromatic rings. The van der Waals surface area contributed by atoms with E-state index in [9.17, 15) is 5.11 Å². The Kier molecular flexibility index (Phi) is 4.10. The van der Waals surface area contributed by atoms with Gasteiger partial charge in [0, 0.05) is 18.0 Å². The van der Waals surface area contributed by atoms with Gasteiger partial charge in [-0.3, -0.25) is 4.90 Å². The van der Waals surface area contributed by atoms with Crippen molar-refractivity contribution in [3.8, 4) is 0 Å². The SMILES string of the molecule is CNc1nc(CN2CCCC2CO)nc2sc(C)c(C)c12. The number of likely N-dealkylation sites (tertiary alicyclic amines) is 1. The number of hydrogen-bond donors (Lipinski definition) is 2. The zero-order valence-corrected chi connectivity index (χ0v) is 13.6. The predicted molar refractivity (Wildman–Crippen MR) is 87.0 cm³/mol. The molecule has 5 nitrogen and oxygen atoms in total. The zero-order chi connectivity index (χ0) is 15.0. The van der Waals surface area contributed by atoms with E-state index in [-0.39, 0.29) is 12.6 Å². The second kappa shape index (κ2) is 5.87. The summed E-state index contributed by atoms with van der Waals surface area (Å²) in [6.07, 6.45) is 2.21. The van der Waals surface area contributed by atoms with Gasteiger partial charge in [0.05, 0.1) is 18.5 Å². The zero-order valence-electron chi connectivity index (χ0n) is 12.8. The monoisotopic (exact) mass is 306 g/mol. The molecule has 0 spiro atoms. The van der Waals surface area contributed by atoms with Crippen molar-refractivity contribution >= 4 is 27.4 Å².